The Bertz CT molecular complexity index is 320. The third-order valence-corrected chi connectivity index (χ3v) is 3.17. The van der Waals surface area contributed by atoms with Gasteiger partial charge in [-0.25, -0.2) is 0 Å². The summed E-state index contributed by atoms with van der Waals surface area (Å²) < 4.78 is 5.18. The maximum Gasteiger partial charge on any atom is 0.246 e. The molecule has 78 valence electrons. The lowest BCUT2D eigenvalue weighted by atomic mass is 9.97. The Morgan fingerprint density at radius 2 is 2.36 bits per heavy atom. The van der Waals surface area contributed by atoms with E-state index in [1.807, 2.05) is 13.2 Å². The summed E-state index contributed by atoms with van der Waals surface area (Å²) in [6.45, 7) is 1.97. The van der Waals surface area contributed by atoms with Gasteiger partial charge in [-0.2, -0.15) is 16.7 Å². The molecule has 5 heteroatoms. The van der Waals surface area contributed by atoms with Gasteiger partial charge in [0.15, 0.2) is 5.82 Å². The first-order valence-electron chi connectivity index (χ1n) is 4.75. The molecule has 2 rings (SSSR count). The predicted octanol–water partition coefficient (Wildman–Crippen LogP) is 1.52. The van der Waals surface area contributed by atoms with Crippen LogP contribution in [0.25, 0.3) is 0 Å². The van der Waals surface area contributed by atoms with Gasteiger partial charge in [0.1, 0.15) is 0 Å². The molecule has 1 saturated carbocycles. The Morgan fingerprint density at radius 1 is 1.64 bits per heavy atom. The van der Waals surface area contributed by atoms with Crippen molar-refractivity contribution in [3.63, 3.8) is 0 Å². The second kappa shape index (κ2) is 3.55. The molecule has 14 heavy (non-hydrogen) atoms. The second-order valence-corrected chi connectivity index (χ2v) is 4.87. The minimum absolute atomic E-state index is 0.427. The van der Waals surface area contributed by atoms with E-state index in [1.54, 1.807) is 11.8 Å². The highest BCUT2D eigenvalue weighted by atomic mass is 32.2. The largest absolute Gasteiger partial charge is 0.337 e. The highest BCUT2D eigenvalue weighted by Gasteiger charge is 2.43. The summed E-state index contributed by atoms with van der Waals surface area (Å²) in [5.74, 6) is 2.63. The van der Waals surface area contributed by atoms with Gasteiger partial charge in [-0.3, -0.25) is 0 Å². The van der Waals surface area contributed by atoms with Crippen molar-refractivity contribution in [3.05, 3.63) is 11.7 Å². The van der Waals surface area contributed by atoms with Gasteiger partial charge in [-0.05, 0) is 31.9 Å². The fourth-order valence-corrected chi connectivity index (χ4v) is 1.89. The maximum atomic E-state index is 6.15. The number of hydrogen-bond acceptors (Lipinski definition) is 5. The summed E-state index contributed by atoms with van der Waals surface area (Å²) in [4.78, 5) is 4.31. The fourth-order valence-electron chi connectivity index (χ4n) is 1.52. The minimum Gasteiger partial charge on any atom is -0.337 e. The van der Waals surface area contributed by atoms with Crippen LogP contribution in [0.15, 0.2) is 4.52 Å². The van der Waals surface area contributed by atoms with Gasteiger partial charge < -0.3 is 10.3 Å². The van der Waals surface area contributed by atoms with E-state index in [-0.39, 0.29) is 0 Å². The van der Waals surface area contributed by atoms with Crippen molar-refractivity contribution in [1.29, 1.82) is 0 Å². The second-order valence-electron chi connectivity index (χ2n) is 4.01. The van der Waals surface area contributed by atoms with Crippen molar-refractivity contribution in [3.8, 4) is 0 Å². The van der Waals surface area contributed by atoms with E-state index in [1.165, 1.54) is 12.8 Å². The molecule has 1 aliphatic carbocycles. The van der Waals surface area contributed by atoms with Crippen LogP contribution in [-0.2, 0) is 11.3 Å². The Labute approximate surface area is 87.6 Å². The third kappa shape index (κ3) is 1.79. The molecule has 0 radical (unpaired) electrons. The van der Waals surface area contributed by atoms with Crippen LogP contribution in [0.5, 0.6) is 0 Å². The van der Waals surface area contributed by atoms with Crippen molar-refractivity contribution in [1.82, 2.24) is 10.1 Å². The molecule has 0 amide bonds. The van der Waals surface area contributed by atoms with Gasteiger partial charge in [0.05, 0.1) is 11.3 Å². The zero-order valence-corrected chi connectivity index (χ0v) is 9.30. The van der Waals surface area contributed by atoms with Gasteiger partial charge >= 0.3 is 0 Å². The van der Waals surface area contributed by atoms with Crippen LogP contribution in [0.1, 0.15) is 31.5 Å². The zero-order chi connectivity index (χ0) is 10.2. The molecular weight excluding hydrogens is 198 g/mol. The van der Waals surface area contributed by atoms with Gasteiger partial charge in [-0.1, -0.05) is 5.16 Å². The number of nitrogens with zero attached hydrogens (tertiary/aromatic N) is 2. The van der Waals surface area contributed by atoms with Crippen molar-refractivity contribution >= 4 is 11.8 Å². The lowest BCUT2D eigenvalue weighted by Gasteiger charge is -2.18. The fraction of sp³-hybridized carbons (Fsp3) is 0.778. The number of hydrogen-bond donors (Lipinski definition) is 1. The molecule has 1 atom stereocenters. The quantitative estimate of drug-likeness (QED) is 0.821. The van der Waals surface area contributed by atoms with E-state index in [0.29, 0.717) is 11.8 Å². The van der Waals surface area contributed by atoms with E-state index in [0.717, 1.165) is 11.6 Å². The highest BCUT2D eigenvalue weighted by Crippen LogP contribution is 2.43. The summed E-state index contributed by atoms with van der Waals surface area (Å²) in [6, 6.07) is 0. The number of rotatable bonds is 4. The third-order valence-electron chi connectivity index (χ3n) is 2.63. The predicted molar refractivity (Wildman–Crippen MR) is 55.8 cm³/mol. The van der Waals surface area contributed by atoms with Gasteiger partial charge in [-0.15, -0.1) is 0 Å². The Morgan fingerprint density at radius 3 is 2.93 bits per heavy atom. The van der Waals surface area contributed by atoms with Gasteiger partial charge in [0.2, 0.25) is 5.89 Å². The van der Waals surface area contributed by atoms with E-state index in [2.05, 4.69) is 10.1 Å². The van der Waals surface area contributed by atoms with Crippen LogP contribution in [0.3, 0.4) is 0 Å². The van der Waals surface area contributed by atoms with Gasteiger partial charge in [0, 0.05) is 0 Å². The zero-order valence-electron chi connectivity index (χ0n) is 8.49. The normalized spacial score (nSPS) is 20.8. The monoisotopic (exact) mass is 213 g/mol. The summed E-state index contributed by atoms with van der Waals surface area (Å²) in [5, 5.41) is 3.90. The average molecular weight is 213 g/mol. The maximum absolute atomic E-state index is 6.15. The smallest absolute Gasteiger partial charge is 0.246 e. The van der Waals surface area contributed by atoms with Crippen molar-refractivity contribution in [2.24, 2.45) is 11.7 Å². The van der Waals surface area contributed by atoms with Gasteiger partial charge in [0.25, 0.3) is 0 Å². The van der Waals surface area contributed by atoms with Crippen LogP contribution in [0, 0.1) is 5.92 Å². The standard InChI is InChI=1S/C9H15N3OS/c1-9(10,6-3-4-6)8-11-7(5-14-2)12-13-8/h6H,3-5,10H2,1-2H3. The molecule has 1 aliphatic rings. The molecule has 1 fully saturated rings. The molecule has 0 spiro atoms. The van der Waals surface area contributed by atoms with E-state index in [9.17, 15) is 0 Å². The first kappa shape index (κ1) is 9.98. The Kier molecular flexibility index (Phi) is 2.53. The molecule has 0 bridgehead atoms. The lowest BCUT2D eigenvalue weighted by Crippen LogP contribution is -2.35. The van der Waals surface area contributed by atoms with E-state index < -0.39 is 5.54 Å². The number of nitrogens with two attached hydrogens (primary N) is 1. The molecule has 1 heterocycles. The Hall–Kier alpha value is -0.550. The lowest BCUT2D eigenvalue weighted by molar-refractivity contribution is 0.272. The van der Waals surface area contributed by atoms with Crippen LogP contribution >= 0.6 is 11.8 Å². The SMILES string of the molecule is CSCc1noc(C(C)(N)C2CC2)n1. The molecule has 0 aromatic carbocycles. The van der Waals surface area contributed by atoms with E-state index >= 15 is 0 Å². The van der Waals surface area contributed by atoms with Crippen LogP contribution < -0.4 is 5.73 Å². The molecule has 0 aliphatic heterocycles. The van der Waals surface area contributed by atoms with Crippen LogP contribution in [0.4, 0.5) is 0 Å². The van der Waals surface area contributed by atoms with Crippen molar-refractivity contribution in [2.75, 3.05) is 6.26 Å². The Balaban J connectivity index is 2.14. The van der Waals surface area contributed by atoms with Crippen LogP contribution in [-0.4, -0.2) is 16.4 Å². The number of aromatic nitrogens is 2. The molecule has 0 saturated heterocycles. The minimum atomic E-state index is -0.427. The highest BCUT2D eigenvalue weighted by molar-refractivity contribution is 7.97. The topological polar surface area (TPSA) is 64.9 Å². The first-order chi connectivity index (χ1) is 6.64. The average Bonchev–Trinajstić information content (AvgIpc) is 2.89. The van der Waals surface area contributed by atoms with Crippen molar-refractivity contribution < 1.29 is 4.52 Å². The number of thioether (sulfide) groups is 1. The molecule has 4 nitrogen and oxygen atoms in total. The molecule has 1 aromatic heterocycles. The van der Waals surface area contributed by atoms with E-state index in [4.69, 9.17) is 10.3 Å². The molecular formula is C9H15N3OS. The first-order valence-corrected chi connectivity index (χ1v) is 6.15. The molecule has 1 aromatic rings. The summed E-state index contributed by atoms with van der Waals surface area (Å²) >= 11 is 1.68. The molecule has 1 unspecified atom stereocenters. The molecule has 2 N–H and O–H groups in total. The summed E-state index contributed by atoms with van der Waals surface area (Å²) in [5.41, 5.74) is 5.72. The van der Waals surface area contributed by atoms with Crippen LogP contribution in [0.2, 0.25) is 0 Å². The summed E-state index contributed by atoms with van der Waals surface area (Å²) in [6.07, 6.45) is 4.36. The van der Waals surface area contributed by atoms with Crippen molar-refractivity contribution in [2.45, 2.75) is 31.1 Å². The summed E-state index contributed by atoms with van der Waals surface area (Å²) in [7, 11) is 0.